The molecule has 1 aliphatic rings. The molecule has 3 aromatic rings. The lowest BCUT2D eigenvalue weighted by atomic mass is 10.2. The second-order valence-corrected chi connectivity index (χ2v) is 7.00. The summed E-state index contributed by atoms with van der Waals surface area (Å²) in [6.45, 7) is 0. The number of rotatable bonds is 7. The van der Waals surface area contributed by atoms with Crippen LogP contribution in [-0.2, 0) is 4.79 Å². The summed E-state index contributed by atoms with van der Waals surface area (Å²) in [4.78, 5) is 28.7. The number of hydrogen-bond acceptors (Lipinski definition) is 5. The van der Waals surface area contributed by atoms with Crippen LogP contribution < -0.4 is 20.1 Å². The van der Waals surface area contributed by atoms with E-state index in [1.54, 1.807) is 54.5 Å². The third-order valence-corrected chi connectivity index (χ3v) is 4.87. The van der Waals surface area contributed by atoms with Crippen LogP contribution in [0.25, 0.3) is 5.69 Å². The van der Waals surface area contributed by atoms with E-state index in [1.165, 1.54) is 7.11 Å². The number of methoxy groups -OCH3 is 2. The van der Waals surface area contributed by atoms with E-state index in [0.717, 1.165) is 18.5 Å². The van der Waals surface area contributed by atoms with Gasteiger partial charge >= 0.3 is 0 Å². The molecule has 0 bridgehead atoms. The smallest absolute Gasteiger partial charge is 0.255 e. The Morgan fingerprint density at radius 1 is 1.03 bits per heavy atom. The molecule has 0 saturated heterocycles. The Morgan fingerprint density at radius 2 is 1.80 bits per heavy atom. The van der Waals surface area contributed by atoms with Crippen LogP contribution in [0.4, 0.5) is 11.5 Å². The minimum Gasteiger partial charge on any atom is -0.497 e. The van der Waals surface area contributed by atoms with Crippen molar-refractivity contribution in [2.45, 2.75) is 12.8 Å². The molecule has 4 rings (SSSR count). The highest BCUT2D eigenvalue weighted by Gasteiger charge is 2.29. The fourth-order valence-corrected chi connectivity index (χ4v) is 2.98. The zero-order valence-electron chi connectivity index (χ0n) is 16.7. The molecule has 1 heterocycles. The van der Waals surface area contributed by atoms with Gasteiger partial charge in [-0.1, -0.05) is 0 Å². The molecule has 0 radical (unpaired) electrons. The van der Waals surface area contributed by atoms with Crippen molar-refractivity contribution in [1.29, 1.82) is 0 Å². The Kier molecular flexibility index (Phi) is 5.38. The molecular formula is C22H22N4O4. The first-order valence-electron chi connectivity index (χ1n) is 9.56. The lowest BCUT2D eigenvalue weighted by molar-refractivity contribution is -0.117. The van der Waals surface area contributed by atoms with E-state index in [0.29, 0.717) is 28.6 Å². The van der Waals surface area contributed by atoms with E-state index in [2.05, 4.69) is 15.6 Å². The highest BCUT2D eigenvalue weighted by Crippen LogP contribution is 2.30. The topological polar surface area (TPSA) is 94.5 Å². The van der Waals surface area contributed by atoms with Crippen molar-refractivity contribution in [1.82, 2.24) is 9.55 Å². The lowest BCUT2D eigenvalue weighted by Gasteiger charge is -2.12. The standard InChI is InChI=1S/C22H22N4O4/c1-29-17-9-10-18(19(11-17)30-2)24-21(27)15-5-7-16(8-6-15)26-12-20(23-13-26)25-22(28)14-3-4-14/h5-14H,3-4H2,1-2H3,(H,24,27)(H,25,28). The Bertz CT molecular complexity index is 1070. The largest absolute Gasteiger partial charge is 0.497 e. The second-order valence-electron chi connectivity index (χ2n) is 7.00. The van der Waals surface area contributed by atoms with Crippen LogP contribution in [-0.4, -0.2) is 35.6 Å². The van der Waals surface area contributed by atoms with Gasteiger partial charge in [0.1, 0.15) is 17.8 Å². The maximum absolute atomic E-state index is 12.6. The van der Waals surface area contributed by atoms with Gasteiger partial charge in [0.25, 0.3) is 5.91 Å². The Balaban J connectivity index is 1.44. The van der Waals surface area contributed by atoms with E-state index in [4.69, 9.17) is 9.47 Å². The number of anilines is 2. The van der Waals surface area contributed by atoms with Gasteiger partial charge < -0.3 is 24.7 Å². The van der Waals surface area contributed by atoms with Crippen molar-refractivity contribution in [3.8, 4) is 17.2 Å². The van der Waals surface area contributed by atoms with Gasteiger partial charge in [0, 0.05) is 23.2 Å². The summed E-state index contributed by atoms with van der Waals surface area (Å²) in [5.74, 6) is 1.55. The third kappa shape index (κ3) is 4.27. The number of nitrogens with zero attached hydrogens (tertiary/aromatic N) is 2. The van der Waals surface area contributed by atoms with Gasteiger partial charge in [-0.25, -0.2) is 4.98 Å². The molecule has 0 unspecified atom stereocenters. The average molecular weight is 406 g/mol. The van der Waals surface area contributed by atoms with Gasteiger partial charge in [-0.2, -0.15) is 0 Å². The molecule has 2 N–H and O–H groups in total. The highest BCUT2D eigenvalue weighted by atomic mass is 16.5. The normalized spacial score (nSPS) is 12.9. The predicted molar refractivity (Wildman–Crippen MR) is 112 cm³/mol. The summed E-state index contributed by atoms with van der Waals surface area (Å²) in [5, 5.41) is 5.66. The number of amides is 2. The van der Waals surface area contributed by atoms with Crippen LogP contribution in [0.3, 0.4) is 0 Å². The molecule has 1 saturated carbocycles. The Hall–Kier alpha value is -3.81. The summed E-state index contributed by atoms with van der Waals surface area (Å²) in [6.07, 6.45) is 5.26. The van der Waals surface area contributed by atoms with Crippen LogP contribution in [0.2, 0.25) is 0 Å². The van der Waals surface area contributed by atoms with Crippen LogP contribution in [0.1, 0.15) is 23.2 Å². The molecule has 0 spiro atoms. The first-order valence-corrected chi connectivity index (χ1v) is 9.56. The third-order valence-electron chi connectivity index (χ3n) is 4.87. The number of carbonyl (C=O) groups excluding carboxylic acids is 2. The van der Waals surface area contributed by atoms with Gasteiger partial charge in [-0.05, 0) is 49.2 Å². The van der Waals surface area contributed by atoms with Crippen molar-refractivity contribution in [3.63, 3.8) is 0 Å². The molecule has 8 nitrogen and oxygen atoms in total. The van der Waals surface area contributed by atoms with Crippen LogP contribution in [0.5, 0.6) is 11.5 Å². The highest BCUT2D eigenvalue weighted by molar-refractivity contribution is 6.05. The molecular weight excluding hydrogens is 384 g/mol. The maximum Gasteiger partial charge on any atom is 0.255 e. The number of nitrogens with one attached hydrogen (secondary N) is 2. The molecule has 2 aromatic carbocycles. The monoisotopic (exact) mass is 406 g/mol. The van der Waals surface area contributed by atoms with Gasteiger partial charge in [-0.3, -0.25) is 9.59 Å². The van der Waals surface area contributed by atoms with Crippen molar-refractivity contribution in [2.75, 3.05) is 24.9 Å². The molecule has 1 aromatic heterocycles. The number of benzene rings is 2. The maximum atomic E-state index is 12.6. The summed E-state index contributed by atoms with van der Waals surface area (Å²) in [7, 11) is 3.10. The van der Waals surface area contributed by atoms with Crippen molar-refractivity contribution < 1.29 is 19.1 Å². The number of ether oxygens (including phenoxy) is 2. The molecule has 1 fully saturated rings. The number of imidazole rings is 1. The minimum atomic E-state index is -0.256. The number of aromatic nitrogens is 2. The van der Waals surface area contributed by atoms with Crippen LogP contribution in [0, 0.1) is 5.92 Å². The van der Waals surface area contributed by atoms with Gasteiger partial charge in [-0.15, -0.1) is 0 Å². The molecule has 8 heteroatoms. The first kappa shape index (κ1) is 19.5. The number of hydrogen-bond donors (Lipinski definition) is 2. The van der Waals surface area contributed by atoms with E-state index < -0.39 is 0 Å². The van der Waals surface area contributed by atoms with E-state index >= 15 is 0 Å². The lowest BCUT2D eigenvalue weighted by Crippen LogP contribution is -2.13. The van der Waals surface area contributed by atoms with Crippen molar-refractivity contribution in [3.05, 3.63) is 60.6 Å². The zero-order chi connectivity index (χ0) is 21.1. The molecule has 2 amide bonds. The SMILES string of the molecule is COc1ccc(NC(=O)c2ccc(-n3cnc(NC(=O)C4CC4)c3)cc2)c(OC)c1. The van der Waals surface area contributed by atoms with E-state index in [1.807, 2.05) is 12.1 Å². The molecule has 0 atom stereocenters. The Labute approximate surface area is 173 Å². The minimum absolute atomic E-state index is 0.0150. The fourth-order valence-electron chi connectivity index (χ4n) is 2.98. The summed E-state index contributed by atoms with van der Waals surface area (Å²) in [5.41, 5.74) is 1.88. The van der Waals surface area contributed by atoms with Crippen molar-refractivity contribution >= 4 is 23.3 Å². The fraction of sp³-hybridized carbons (Fsp3) is 0.227. The molecule has 154 valence electrons. The average Bonchev–Trinajstić information content (AvgIpc) is 3.53. The van der Waals surface area contributed by atoms with Crippen LogP contribution in [0.15, 0.2) is 55.0 Å². The summed E-state index contributed by atoms with van der Waals surface area (Å²) >= 11 is 0. The summed E-state index contributed by atoms with van der Waals surface area (Å²) in [6, 6.07) is 12.3. The summed E-state index contributed by atoms with van der Waals surface area (Å²) < 4.78 is 12.3. The molecule has 30 heavy (non-hydrogen) atoms. The van der Waals surface area contributed by atoms with E-state index in [-0.39, 0.29) is 17.7 Å². The zero-order valence-corrected chi connectivity index (χ0v) is 16.7. The number of carbonyl (C=O) groups is 2. The second kappa shape index (κ2) is 8.28. The Morgan fingerprint density at radius 3 is 2.47 bits per heavy atom. The quantitative estimate of drug-likeness (QED) is 0.626. The van der Waals surface area contributed by atoms with Crippen LogP contribution >= 0.6 is 0 Å². The molecule has 1 aliphatic carbocycles. The van der Waals surface area contributed by atoms with Crippen molar-refractivity contribution in [2.24, 2.45) is 5.92 Å². The van der Waals surface area contributed by atoms with E-state index in [9.17, 15) is 9.59 Å². The van der Waals surface area contributed by atoms with Gasteiger partial charge in [0.15, 0.2) is 5.82 Å². The van der Waals surface area contributed by atoms with Gasteiger partial charge in [0.05, 0.1) is 26.1 Å². The molecule has 0 aliphatic heterocycles. The first-order chi connectivity index (χ1) is 14.6. The predicted octanol–water partition coefficient (Wildman–Crippen LogP) is 3.49. The van der Waals surface area contributed by atoms with Gasteiger partial charge in [0.2, 0.25) is 5.91 Å².